The maximum atomic E-state index is 12.7. The monoisotopic (exact) mass is 423 g/mol. The van der Waals surface area contributed by atoms with E-state index in [9.17, 15) is 4.79 Å². The molecule has 2 aromatic carbocycles. The summed E-state index contributed by atoms with van der Waals surface area (Å²) in [7, 11) is 0. The Morgan fingerprint density at radius 1 is 1.03 bits per heavy atom. The number of carbonyl (C=O) groups is 1. The fourth-order valence-electron chi connectivity index (χ4n) is 3.28. The van der Waals surface area contributed by atoms with Gasteiger partial charge in [0.05, 0.1) is 17.3 Å². The van der Waals surface area contributed by atoms with Crippen LogP contribution in [0.15, 0.2) is 60.8 Å². The second-order valence-corrected chi connectivity index (χ2v) is 9.77. The molecule has 2 heterocycles. The molecule has 1 amide bonds. The quantitative estimate of drug-likeness (QED) is 0.559. The Morgan fingerprint density at radius 2 is 1.72 bits per heavy atom. The topological polar surface area (TPSA) is 46.9 Å². The van der Waals surface area contributed by atoms with Crippen LogP contribution in [0.2, 0.25) is 0 Å². The molecule has 0 atom stereocenters. The van der Waals surface area contributed by atoms with Gasteiger partial charge in [0.1, 0.15) is 5.82 Å². The molecule has 6 heteroatoms. The fourth-order valence-corrected chi connectivity index (χ4v) is 6.17. The van der Waals surface area contributed by atoms with Gasteiger partial charge >= 0.3 is 0 Å². The van der Waals surface area contributed by atoms with Crippen molar-refractivity contribution in [3.05, 3.63) is 83.0 Å². The van der Waals surface area contributed by atoms with Gasteiger partial charge < -0.3 is 5.32 Å². The number of aromatic nitrogens is 2. The number of anilines is 1. The molecule has 1 aliphatic rings. The number of hydrogen-bond acceptors (Lipinski definition) is 4. The van der Waals surface area contributed by atoms with Crippen molar-refractivity contribution in [3.8, 4) is 0 Å². The summed E-state index contributed by atoms with van der Waals surface area (Å²) in [5.74, 6) is 3.02. The van der Waals surface area contributed by atoms with E-state index in [1.54, 1.807) is 6.20 Å². The highest BCUT2D eigenvalue weighted by Crippen LogP contribution is 2.43. The van der Waals surface area contributed by atoms with E-state index in [0.717, 1.165) is 12.0 Å². The molecule has 0 unspecified atom stereocenters. The average molecular weight is 424 g/mol. The molecule has 0 bridgehead atoms. The number of nitrogens with zero attached hydrogens (tertiary/aromatic N) is 2. The summed E-state index contributed by atoms with van der Waals surface area (Å²) in [5.41, 5.74) is 4.43. The first-order valence-electron chi connectivity index (χ1n) is 9.97. The van der Waals surface area contributed by atoms with Gasteiger partial charge in [0.15, 0.2) is 0 Å². The van der Waals surface area contributed by atoms with E-state index in [1.165, 1.54) is 29.1 Å². The zero-order valence-corrected chi connectivity index (χ0v) is 18.1. The lowest BCUT2D eigenvalue weighted by Crippen LogP contribution is -2.16. The molecule has 29 heavy (non-hydrogen) atoms. The van der Waals surface area contributed by atoms with Gasteiger partial charge in [-0.15, -0.1) is 23.5 Å². The van der Waals surface area contributed by atoms with Crippen LogP contribution in [0.1, 0.15) is 45.0 Å². The van der Waals surface area contributed by atoms with Crippen molar-refractivity contribution in [2.45, 2.75) is 30.9 Å². The van der Waals surface area contributed by atoms with Gasteiger partial charge in [0.25, 0.3) is 5.91 Å². The number of rotatable bonds is 6. The molecule has 1 saturated heterocycles. The van der Waals surface area contributed by atoms with Crippen molar-refractivity contribution < 1.29 is 4.79 Å². The standard InChI is InChI=1S/C23H25N3OS2/c1-2-17-4-6-18(7-5-17)16-26-21(12-13-24-26)25-22(27)19-8-10-20(11-9-19)23-28-14-3-15-29-23/h4-13,23H,2-3,14-16H2,1H3,(H,25,27). The van der Waals surface area contributed by atoms with Crippen LogP contribution in [0.4, 0.5) is 5.82 Å². The lowest BCUT2D eigenvalue weighted by molar-refractivity contribution is 0.102. The predicted octanol–water partition coefficient (Wildman–Crippen LogP) is 5.61. The van der Waals surface area contributed by atoms with Gasteiger partial charge in [-0.25, -0.2) is 4.68 Å². The molecule has 4 rings (SSSR count). The summed E-state index contributed by atoms with van der Waals surface area (Å²) in [6.45, 7) is 2.77. The molecule has 1 aliphatic heterocycles. The van der Waals surface area contributed by atoms with Gasteiger partial charge in [-0.2, -0.15) is 5.10 Å². The van der Waals surface area contributed by atoms with E-state index in [1.807, 2.05) is 46.4 Å². The second kappa shape index (κ2) is 9.55. The van der Waals surface area contributed by atoms with E-state index in [-0.39, 0.29) is 5.91 Å². The third-order valence-corrected chi connectivity index (χ3v) is 8.01. The Bertz CT molecular complexity index is 945. The first kappa shape index (κ1) is 20.1. The molecule has 3 aromatic rings. The first-order valence-corrected chi connectivity index (χ1v) is 12.1. The molecule has 1 fully saturated rings. The van der Waals surface area contributed by atoms with E-state index < -0.39 is 0 Å². The second-order valence-electron chi connectivity index (χ2n) is 7.05. The van der Waals surface area contributed by atoms with E-state index in [4.69, 9.17) is 0 Å². The summed E-state index contributed by atoms with van der Waals surface area (Å²) in [4.78, 5) is 12.7. The first-order chi connectivity index (χ1) is 14.2. The number of amides is 1. The minimum absolute atomic E-state index is 0.108. The molecule has 150 valence electrons. The fraction of sp³-hybridized carbons (Fsp3) is 0.304. The summed E-state index contributed by atoms with van der Waals surface area (Å²) < 4.78 is 2.31. The Labute approximate surface area is 180 Å². The Morgan fingerprint density at radius 3 is 2.41 bits per heavy atom. The molecule has 4 nitrogen and oxygen atoms in total. The highest BCUT2D eigenvalue weighted by Gasteiger charge is 2.17. The predicted molar refractivity (Wildman–Crippen MR) is 124 cm³/mol. The SMILES string of the molecule is CCc1ccc(Cn2nccc2NC(=O)c2ccc(C3SCCCS3)cc2)cc1. The van der Waals surface area contributed by atoms with Gasteiger partial charge in [-0.1, -0.05) is 43.3 Å². The highest BCUT2D eigenvalue weighted by atomic mass is 32.2. The lowest BCUT2D eigenvalue weighted by Gasteiger charge is -2.21. The van der Waals surface area contributed by atoms with E-state index >= 15 is 0 Å². The number of aryl methyl sites for hydroxylation is 1. The molecule has 0 radical (unpaired) electrons. The van der Waals surface area contributed by atoms with Crippen LogP contribution in [0.5, 0.6) is 0 Å². The minimum Gasteiger partial charge on any atom is -0.307 e. The van der Waals surface area contributed by atoms with Crippen LogP contribution in [0.3, 0.4) is 0 Å². The van der Waals surface area contributed by atoms with Crippen molar-refractivity contribution >= 4 is 35.2 Å². The Kier molecular flexibility index (Phi) is 6.62. The lowest BCUT2D eigenvalue weighted by atomic mass is 10.1. The molecular weight excluding hydrogens is 398 g/mol. The largest absolute Gasteiger partial charge is 0.307 e. The number of carbonyl (C=O) groups excluding carboxylic acids is 1. The molecule has 0 aliphatic carbocycles. The van der Waals surface area contributed by atoms with Gasteiger partial charge in [-0.3, -0.25) is 4.79 Å². The molecule has 0 saturated carbocycles. The van der Waals surface area contributed by atoms with Crippen LogP contribution in [0, 0.1) is 0 Å². The minimum atomic E-state index is -0.108. The third kappa shape index (κ3) is 5.06. The van der Waals surface area contributed by atoms with Gasteiger partial charge in [-0.05, 0) is 53.2 Å². The molecule has 1 aromatic heterocycles. The molecule has 1 N–H and O–H groups in total. The summed E-state index contributed by atoms with van der Waals surface area (Å²) in [6, 6.07) is 18.4. The van der Waals surface area contributed by atoms with Gasteiger partial charge in [0, 0.05) is 11.6 Å². The van der Waals surface area contributed by atoms with Crippen LogP contribution < -0.4 is 5.32 Å². The molecular formula is C23H25N3OS2. The van der Waals surface area contributed by atoms with Crippen molar-refractivity contribution in [1.82, 2.24) is 9.78 Å². The number of hydrogen-bond donors (Lipinski definition) is 1. The van der Waals surface area contributed by atoms with Crippen molar-refractivity contribution in [2.75, 3.05) is 16.8 Å². The Hall–Kier alpha value is -2.18. The summed E-state index contributed by atoms with van der Waals surface area (Å²) in [6.07, 6.45) is 4.03. The maximum absolute atomic E-state index is 12.7. The Balaban J connectivity index is 1.41. The van der Waals surface area contributed by atoms with Crippen molar-refractivity contribution in [1.29, 1.82) is 0 Å². The zero-order chi connectivity index (χ0) is 20.1. The number of benzene rings is 2. The van der Waals surface area contributed by atoms with Crippen LogP contribution in [-0.4, -0.2) is 27.2 Å². The molecule has 0 spiro atoms. The third-order valence-electron chi connectivity index (χ3n) is 4.99. The van der Waals surface area contributed by atoms with E-state index in [2.05, 4.69) is 53.7 Å². The average Bonchev–Trinajstić information content (AvgIpc) is 3.21. The van der Waals surface area contributed by atoms with Crippen LogP contribution in [-0.2, 0) is 13.0 Å². The smallest absolute Gasteiger partial charge is 0.256 e. The highest BCUT2D eigenvalue weighted by molar-refractivity contribution is 8.16. The van der Waals surface area contributed by atoms with Crippen molar-refractivity contribution in [3.63, 3.8) is 0 Å². The number of thioether (sulfide) groups is 2. The van der Waals surface area contributed by atoms with Gasteiger partial charge in [0.2, 0.25) is 0 Å². The summed E-state index contributed by atoms with van der Waals surface area (Å²) >= 11 is 3.98. The van der Waals surface area contributed by atoms with Crippen LogP contribution >= 0.6 is 23.5 Å². The van der Waals surface area contributed by atoms with Crippen LogP contribution in [0.25, 0.3) is 0 Å². The number of nitrogens with one attached hydrogen (secondary N) is 1. The zero-order valence-electron chi connectivity index (χ0n) is 16.5. The summed E-state index contributed by atoms with van der Waals surface area (Å²) in [5, 5.41) is 7.37. The van der Waals surface area contributed by atoms with E-state index in [0.29, 0.717) is 22.5 Å². The normalized spacial score (nSPS) is 14.7. The van der Waals surface area contributed by atoms with Crippen molar-refractivity contribution in [2.24, 2.45) is 0 Å². The maximum Gasteiger partial charge on any atom is 0.256 e.